The molecule has 0 bridgehead atoms. The van der Waals surface area contributed by atoms with Gasteiger partial charge in [0.25, 0.3) is 0 Å². The molecule has 5 heteroatoms. The molecule has 4 nitrogen and oxygen atoms in total. The van der Waals surface area contributed by atoms with Crippen LogP contribution in [0.3, 0.4) is 0 Å². The Bertz CT molecular complexity index is 371. The van der Waals surface area contributed by atoms with Crippen LogP contribution in [0.25, 0.3) is 0 Å². The first kappa shape index (κ1) is 25.5. The Balaban J connectivity index is -0.000000252. The molecule has 0 aromatic heterocycles. The molecule has 1 rings (SSSR count). The van der Waals surface area contributed by atoms with E-state index >= 15 is 0 Å². The number of rotatable bonds is 7. The van der Waals surface area contributed by atoms with Gasteiger partial charge in [-0.25, -0.2) is 0 Å². The van der Waals surface area contributed by atoms with Gasteiger partial charge in [-0.1, -0.05) is 42.0 Å². The third-order valence-corrected chi connectivity index (χ3v) is 2.26. The molecule has 0 saturated heterocycles. The zero-order valence-electron chi connectivity index (χ0n) is 13.4. The lowest BCUT2D eigenvalue weighted by Crippen LogP contribution is -1.87. The van der Waals surface area contributed by atoms with Crippen LogP contribution in [-0.2, 0) is 9.47 Å². The summed E-state index contributed by atoms with van der Waals surface area (Å²) in [7, 11) is 0. The van der Waals surface area contributed by atoms with Crippen LogP contribution in [0.4, 0.5) is 0 Å². The number of benzene rings is 1. The molecule has 0 spiro atoms. The summed E-state index contributed by atoms with van der Waals surface area (Å²) in [4.78, 5) is 10.1. The van der Waals surface area contributed by atoms with Crippen LogP contribution in [0, 0.1) is 0 Å². The van der Waals surface area contributed by atoms with Crippen molar-refractivity contribution in [2.75, 3.05) is 26.4 Å². The minimum atomic E-state index is 0. The fourth-order valence-corrected chi connectivity index (χ4v) is 1.19. The molecular weight excluding hydrogens is 304 g/mol. The van der Waals surface area contributed by atoms with Gasteiger partial charge in [0.2, 0.25) is 0 Å². The van der Waals surface area contributed by atoms with Gasteiger partial charge in [0.1, 0.15) is 0 Å². The van der Waals surface area contributed by atoms with E-state index < -0.39 is 0 Å². The van der Waals surface area contributed by atoms with Crippen LogP contribution in [-0.4, -0.2) is 38.2 Å². The summed E-state index contributed by atoms with van der Waals surface area (Å²) >= 11 is 5.59. The van der Waals surface area contributed by atoms with E-state index in [1.165, 1.54) is 0 Å². The highest BCUT2D eigenvalue weighted by Crippen LogP contribution is 2.11. The van der Waals surface area contributed by atoms with Crippen LogP contribution in [0.15, 0.2) is 49.6 Å². The number of aldehydes is 1. The first-order valence-electron chi connectivity index (χ1n) is 6.74. The second kappa shape index (κ2) is 21.8. The number of hydrogen-bond donors (Lipinski definition) is 0. The average molecular weight is 331 g/mol. The molecular formula is C17H27ClO4. The molecule has 0 heterocycles. The fraction of sp³-hybridized carbons (Fsp3) is 0.353. The molecule has 0 saturated carbocycles. The molecule has 22 heavy (non-hydrogen) atoms. The Morgan fingerprint density at radius 3 is 1.82 bits per heavy atom. The summed E-state index contributed by atoms with van der Waals surface area (Å²) in [6.07, 6.45) is 4.16. The number of halogens is 1. The Morgan fingerprint density at radius 1 is 1.05 bits per heavy atom. The van der Waals surface area contributed by atoms with Crippen LogP contribution >= 0.6 is 11.6 Å². The van der Waals surface area contributed by atoms with Crippen LogP contribution in [0.5, 0.6) is 0 Å². The van der Waals surface area contributed by atoms with Gasteiger partial charge in [-0.15, -0.1) is 13.2 Å². The largest absolute Gasteiger partial charge is 0.412 e. The number of ether oxygens (including phenoxy) is 2. The van der Waals surface area contributed by atoms with Gasteiger partial charge in [-0.2, -0.15) is 0 Å². The van der Waals surface area contributed by atoms with Gasteiger partial charge in [-0.05, 0) is 19.9 Å². The molecule has 0 radical (unpaired) electrons. The minimum absolute atomic E-state index is 0. The first-order valence-corrected chi connectivity index (χ1v) is 7.12. The molecule has 0 unspecified atom stereocenters. The third-order valence-electron chi connectivity index (χ3n) is 1.91. The predicted molar refractivity (Wildman–Crippen MR) is 93.8 cm³/mol. The Kier molecular flexibility index (Phi) is 25.3. The first-order chi connectivity index (χ1) is 10.2. The van der Waals surface area contributed by atoms with E-state index in [9.17, 15) is 4.79 Å². The van der Waals surface area contributed by atoms with Crippen molar-refractivity contribution in [3.05, 3.63) is 60.2 Å². The smallest absolute Gasteiger partial charge is 0.151 e. The number of carbonyl (C=O) groups excluding carboxylic acids is 1. The van der Waals surface area contributed by atoms with Crippen molar-refractivity contribution in [2.24, 2.45) is 0 Å². The van der Waals surface area contributed by atoms with Gasteiger partial charge >= 0.3 is 0 Å². The summed E-state index contributed by atoms with van der Waals surface area (Å²) in [5.41, 5.74) is 0.541. The number of hydrogen-bond acceptors (Lipinski definition) is 3. The lowest BCUT2D eigenvalue weighted by atomic mass is 10.2. The maximum absolute atomic E-state index is 10.1. The molecule has 0 aliphatic carbocycles. The van der Waals surface area contributed by atoms with Crippen molar-refractivity contribution >= 4 is 17.9 Å². The topological polar surface area (TPSA) is 67.0 Å². The highest BCUT2D eigenvalue weighted by atomic mass is 35.5. The fourth-order valence-electron chi connectivity index (χ4n) is 1.01. The minimum Gasteiger partial charge on any atom is -0.412 e. The molecule has 2 N–H and O–H groups in total. The van der Waals surface area contributed by atoms with Crippen LogP contribution < -0.4 is 0 Å². The van der Waals surface area contributed by atoms with Crippen LogP contribution in [0.2, 0.25) is 5.02 Å². The normalized spacial score (nSPS) is 8.14. The Labute approximate surface area is 138 Å². The highest BCUT2D eigenvalue weighted by molar-refractivity contribution is 6.32. The van der Waals surface area contributed by atoms with E-state index in [-0.39, 0.29) is 5.48 Å². The molecule has 0 fully saturated rings. The second-order valence-corrected chi connectivity index (χ2v) is 3.94. The van der Waals surface area contributed by atoms with E-state index in [2.05, 4.69) is 13.2 Å². The highest BCUT2D eigenvalue weighted by Gasteiger charge is 1.92. The van der Waals surface area contributed by atoms with Gasteiger partial charge in [0, 0.05) is 18.8 Å². The molecule has 126 valence electrons. The van der Waals surface area contributed by atoms with Crippen LogP contribution in [0.1, 0.15) is 24.2 Å². The summed E-state index contributed by atoms with van der Waals surface area (Å²) in [6, 6.07) is 6.92. The molecule has 0 atom stereocenters. The summed E-state index contributed by atoms with van der Waals surface area (Å²) in [6.45, 7) is 13.8. The second-order valence-electron chi connectivity index (χ2n) is 3.54. The number of carbonyl (C=O) groups is 1. The van der Waals surface area contributed by atoms with Crippen molar-refractivity contribution in [2.45, 2.75) is 13.8 Å². The molecule has 1 aromatic carbocycles. The van der Waals surface area contributed by atoms with Gasteiger partial charge < -0.3 is 14.9 Å². The molecule has 0 aliphatic heterocycles. The zero-order chi connectivity index (χ0) is 16.3. The van der Waals surface area contributed by atoms with Crippen molar-refractivity contribution in [1.82, 2.24) is 0 Å². The van der Waals surface area contributed by atoms with Crippen molar-refractivity contribution < 1.29 is 19.7 Å². The SMILES string of the molecule is C=CCOCC=C.CCOCC.O.O=Cc1ccccc1Cl. The van der Waals surface area contributed by atoms with E-state index in [0.29, 0.717) is 23.8 Å². The van der Waals surface area contributed by atoms with Gasteiger partial charge in [-0.3, -0.25) is 4.79 Å². The Hall–Kier alpha value is -1.46. The quantitative estimate of drug-likeness (QED) is 0.434. The maximum atomic E-state index is 10.1. The van der Waals surface area contributed by atoms with Crippen molar-refractivity contribution in [3.63, 3.8) is 0 Å². The molecule has 1 aromatic rings. The maximum Gasteiger partial charge on any atom is 0.151 e. The van der Waals surface area contributed by atoms with Gasteiger partial charge in [0.05, 0.1) is 18.2 Å². The average Bonchev–Trinajstić information content (AvgIpc) is 2.50. The van der Waals surface area contributed by atoms with E-state index in [1.807, 2.05) is 13.8 Å². The van der Waals surface area contributed by atoms with E-state index in [1.54, 1.807) is 36.4 Å². The lowest BCUT2D eigenvalue weighted by Gasteiger charge is -1.90. The summed E-state index contributed by atoms with van der Waals surface area (Å²) in [5, 5.41) is 0.507. The molecule has 0 amide bonds. The van der Waals surface area contributed by atoms with E-state index in [4.69, 9.17) is 21.1 Å². The van der Waals surface area contributed by atoms with Gasteiger partial charge in [0.15, 0.2) is 6.29 Å². The predicted octanol–water partition coefficient (Wildman–Crippen LogP) is 3.75. The molecule has 0 aliphatic rings. The monoisotopic (exact) mass is 330 g/mol. The summed E-state index contributed by atoms with van der Waals surface area (Å²) < 4.78 is 9.73. The third kappa shape index (κ3) is 18.5. The van der Waals surface area contributed by atoms with Crippen molar-refractivity contribution in [1.29, 1.82) is 0 Å². The van der Waals surface area contributed by atoms with Crippen molar-refractivity contribution in [3.8, 4) is 0 Å². The standard InChI is InChI=1S/C7H5ClO.C6H10O.C4H10O.H2O/c8-7-4-2-1-3-6(7)5-9;1-3-5-7-6-4-2;1-3-5-4-2;/h1-5H;3-4H,1-2,5-6H2;3-4H2,1-2H3;1H2. The Morgan fingerprint density at radius 2 is 1.55 bits per heavy atom. The lowest BCUT2D eigenvalue weighted by molar-refractivity contribution is 0.112. The zero-order valence-corrected chi connectivity index (χ0v) is 14.1. The van der Waals surface area contributed by atoms with E-state index in [0.717, 1.165) is 19.5 Å². The summed E-state index contributed by atoms with van der Waals surface area (Å²) in [5.74, 6) is 0.